The van der Waals surface area contributed by atoms with Crippen LogP contribution >= 0.6 is 15.9 Å². The summed E-state index contributed by atoms with van der Waals surface area (Å²) in [5.41, 5.74) is 7.00. The minimum absolute atomic E-state index is 0.303. The molecule has 0 saturated carbocycles. The van der Waals surface area contributed by atoms with Crippen molar-refractivity contribution >= 4 is 15.9 Å². The Balaban J connectivity index is 2.11. The van der Waals surface area contributed by atoms with E-state index < -0.39 is 0 Å². The van der Waals surface area contributed by atoms with Gasteiger partial charge in [-0.05, 0) is 23.8 Å². The van der Waals surface area contributed by atoms with Gasteiger partial charge in [-0.15, -0.1) is 0 Å². The lowest BCUT2D eigenvalue weighted by molar-refractivity contribution is -0.00803. The van der Waals surface area contributed by atoms with E-state index >= 15 is 0 Å². The van der Waals surface area contributed by atoms with E-state index in [9.17, 15) is 0 Å². The van der Waals surface area contributed by atoms with Gasteiger partial charge in [0, 0.05) is 30.1 Å². The van der Waals surface area contributed by atoms with Gasteiger partial charge in [-0.1, -0.05) is 15.9 Å². The first-order valence-corrected chi connectivity index (χ1v) is 6.88. The van der Waals surface area contributed by atoms with Crippen LogP contribution in [0.3, 0.4) is 0 Å². The average molecular weight is 315 g/mol. The molecule has 1 heterocycles. The molecule has 1 fully saturated rings. The summed E-state index contributed by atoms with van der Waals surface area (Å²) in [7, 11) is 1.68. The van der Waals surface area contributed by atoms with Gasteiger partial charge in [-0.25, -0.2) is 0 Å². The monoisotopic (exact) mass is 314 g/mol. The molecule has 0 radical (unpaired) electrons. The number of nitrogens with zero attached hydrogens (tertiary/aromatic N) is 1. The lowest BCUT2D eigenvalue weighted by Gasteiger charge is -2.35. The number of methoxy groups -OCH3 is 1. The number of benzene rings is 1. The number of rotatable bonds is 4. The van der Waals surface area contributed by atoms with Crippen LogP contribution < -0.4 is 10.5 Å². The quantitative estimate of drug-likeness (QED) is 0.917. The molecule has 1 aromatic carbocycles. The van der Waals surface area contributed by atoms with E-state index in [0.29, 0.717) is 12.6 Å². The highest BCUT2D eigenvalue weighted by Crippen LogP contribution is 2.24. The molecule has 1 aliphatic rings. The Bertz CT molecular complexity index is 401. The van der Waals surface area contributed by atoms with E-state index in [4.69, 9.17) is 15.2 Å². The van der Waals surface area contributed by atoms with Gasteiger partial charge in [0.1, 0.15) is 5.75 Å². The number of nitrogens with two attached hydrogens (primary N) is 1. The fourth-order valence-corrected chi connectivity index (χ4v) is 2.50. The number of ether oxygens (including phenoxy) is 2. The third kappa shape index (κ3) is 3.23. The number of halogens is 1. The maximum Gasteiger partial charge on any atom is 0.119 e. The van der Waals surface area contributed by atoms with Gasteiger partial charge in [-0.2, -0.15) is 0 Å². The van der Waals surface area contributed by atoms with Gasteiger partial charge in [-0.3, -0.25) is 4.90 Å². The molecule has 2 rings (SSSR count). The lowest BCUT2D eigenvalue weighted by atomic mass is 10.1. The van der Waals surface area contributed by atoms with Gasteiger partial charge >= 0.3 is 0 Å². The van der Waals surface area contributed by atoms with E-state index in [-0.39, 0.29) is 0 Å². The molecule has 1 saturated heterocycles. The molecule has 0 amide bonds. The van der Waals surface area contributed by atoms with Crippen molar-refractivity contribution in [2.75, 3.05) is 33.4 Å². The maximum atomic E-state index is 5.78. The zero-order valence-electron chi connectivity index (χ0n) is 10.6. The Labute approximate surface area is 116 Å². The van der Waals surface area contributed by atoms with Crippen molar-refractivity contribution in [1.82, 2.24) is 4.90 Å². The van der Waals surface area contributed by atoms with Gasteiger partial charge in [0.15, 0.2) is 0 Å². The van der Waals surface area contributed by atoms with Crippen LogP contribution in [0.25, 0.3) is 0 Å². The second kappa shape index (κ2) is 6.52. The predicted octanol–water partition coefficient (Wildman–Crippen LogP) is 1.62. The highest BCUT2D eigenvalue weighted by Gasteiger charge is 2.22. The second-order valence-corrected chi connectivity index (χ2v) is 5.25. The van der Waals surface area contributed by atoms with Gasteiger partial charge in [0.2, 0.25) is 0 Å². The van der Waals surface area contributed by atoms with Gasteiger partial charge in [0.25, 0.3) is 0 Å². The third-order valence-corrected chi connectivity index (χ3v) is 4.02. The lowest BCUT2D eigenvalue weighted by Crippen LogP contribution is -2.48. The Morgan fingerprint density at radius 2 is 2.39 bits per heavy atom. The van der Waals surface area contributed by atoms with Gasteiger partial charge < -0.3 is 15.2 Å². The van der Waals surface area contributed by atoms with Crippen molar-refractivity contribution in [3.63, 3.8) is 0 Å². The average Bonchev–Trinajstić information content (AvgIpc) is 2.42. The number of morpholine rings is 1. The van der Waals surface area contributed by atoms with Crippen LogP contribution in [0.1, 0.15) is 5.56 Å². The summed E-state index contributed by atoms with van der Waals surface area (Å²) in [6.45, 7) is 3.91. The molecule has 100 valence electrons. The zero-order chi connectivity index (χ0) is 13.0. The first-order valence-electron chi connectivity index (χ1n) is 6.09. The van der Waals surface area contributed by atoms with Crippen molar-refractivity contribution in [2.24, 2.45) is 5.73 Å². The summed E-state index contributed by atoms with van der Waals surface area (Å²) >= 11 is 3.58. The second-order valence-electron chi connectivity index (χ2n) is 4.39. The molecule has 1 aliphatic heterocycles. The largest absolute Gasteiger partial charge is 0.497 e. The SMILES string of the molecule is COc1ccc(Br)c(CN2CCOCC2CN)c1. The van der Waals surface area contributed by atoms with E-state index in [2.05, 4.69) is 26.9 Å². The number of hydrogen-bond donors (Lipinski definition) is 1. The van der Waals surface area contributed by atoms with Crippen LogP contribution in [0.15, 0.2) is 22.7 Å². The molecular weight excluding hydrogens is 296 g/mol. The van der Waals surface area contributed by atoms with E-state index in [1.807, 2.05) is 12.1 Å². The van der Waals surface area contributed by atoms with E-state index in [1.54, 1.807) is 7.11 Å². The van der Waals surface area contributed by atoms with E-state index in [1.165, 1.54) is 5.56 Å². The van der Waals surface area contributed by atoms with Crippen molar-refractivity contribution in [3.8, 4) is 5.75 Å². The van der Waals surface area contributed by atoms with Crippen LogP contribution in [0, 0.1) is 0 Å². The Kier molecular flexibility index (Phi) is 5.00. The van der Waals surface area contributed by atoms with Crippen LogP contribution in [0.2, 0.25) is 0 Å². The summed E-state index contributed by atoms with van der Waals surface area (Å²) in [6.07, 6.45) is 0. The first-order chi connectivity index (χ1) is 8.74. The molecule has 0 aromatic heterocycles. The smallest absolute Gasteiger partial charge is 0.119 e. The molecule has 1 aromatic rings. The molecule has 1 unspecified atom stereocenters. The van der Waals surface area contributed by atoms with Crippen LogP contribution in [-0.2, 0) is 11.3 Å². The standard InChI is InChI=1S/C13H19BrN2O2/c1-17-12-2-3-13(14)10(6-12)8-16-4-5-18-9-11(16)7-15/h2-3,6,11H,4-5,7-9,15H2,1H3. The molecule has 18 heavy (non-hydrogen) atoms. The van der Waals surface area contributed by atoms with Gasteiger partial charge in [0.05, 0.1) is 20.3 Å². The van der Waals surface area contributed by atoms with Crippen LogP contribution in [-0.4, -0.2) is 44.4 Å². The highest BCUT2D eigenvalue weighted by atomic mass is 79.9. The Morgan fingerprint density at radius 1 is 1.56 bits per heavy atom. The summed E-state index contributed by atoms with van der Waals surface area (Å²) in [5, 5.41) is 0. The topological polar surface area (TPSA) is 47.7 Å². The Morgan fingerprint density at radius 3 is 3.11 bits per heavy atom. The molecule has 4 nitrogen and oxygen atoms in total. The zero-order valence-corrected chi connectivity index (χ0v) is 12.1. The van der Waals surface area contributed by atoms with Crippen molar-refractivity contribution in [2.45, 2.75) is 12.6 Å². The summed E-state index contributed by atoms with van der Waals surface area (Å²) in [6, 6.07) is 6.34. The molecule has 5 heteroatoms. The first kappa shape index (κ1) is 13.8. The summed E-state index contributed by atoms with van der Waals surface area (Å²) in [4.78, 5) is 2.36. The van der Waals surface area contributed by atoms with Crippen molar-refractivity contribution < 1.29 is 9.47 Å². The maximum absolute atomic E-state index is 5.78. The minimum atomic E-state index is 0.303. The third-order valence-electron chi connectivity index (χ3n) is 3.25. The molecule has 0 bridgehead atoms. The van der Waals surface area contributed by atoms with Crippen molar-refractivity contribution in [1.29, 1.82) is 0 Å². The number of hydrogen-bond acceptors (Lipinski definition) is 4. The molecule has 0 aliphatic carbocycles. The molecular formula is C13H19BrN2O2. The molecule has 1 atom stereocenters. The fourth-order valence-electron chi connectivity index (χ4n) is 2.13. The van der Waals surface area contributed by atoms with Crippen molar-refractivity contribution in [3.05, 3.63) is 28.2 Å². The molecule has 2 N–H and O–H groups in total. The van der Waals surface area contributed by atoms with Crippen LogP contribution in [0.4, 0.5) is 0 Å². The highest BCUT2D eigenvalue weighted by molar-refractivity contribution is 9.10. The normalized spacial score (nSPS) is 20.9. The Hall–Kier alpha value is -0.620. The molecule has 0 spiro atoms. The minimum Gasteiger partial charge on any atom is -0.497 e. The summed E-state index contributed by atoms with van der Waals surface area (Å²) < 4.78 is 11.8. The predicted molar refractivity (Wildman–Crippen MR) is 74.8 cm³/mol. The fraction of sp³-hybridized carbons (Fsp3) is 0.538. The van der Waals surface area contributed by atoms with E-state index in [0.717, 1.165) is 36.5 Å². The van der Waals surface area contributed by atoms with Crippen LogP contribution in [0.5, 0.6) is 5.75 Å². The summed E-state index contributed by atoms with van der Waals surface area (Å²) in [5.74, 6) is 0.880.